The maximum Gasteiger partial charge on any atom is 0.146 e. The van der Waals surface area contributed by atoms with Gasteiger partial charge in [-0.15, -0.1) is 0 Å². The molecule has 0 unspecified atom stereocenters. The standard InChI is InChI=1S/C18H13BrN4/c19-14-6-7-17-15(9-14)13(10-20-17)11-21-23-18-8-5-12-3-1-2-4-16(12)22-18/h1-11,20H,(H,22,23)/b21-11+. The topological polar surface area (TPSA) is 53.1 Å². The third-order valence-electron chi connectivity index (χ3n) is 3.66. The number of fused-ring (bicyclic) bond motifs is 2. The molecule has 0 saturated heterocycles. The number of halogens is 1. The van der Waals surface area contributed by atoms with E-state index in [2.05, 4.69) is 42.5 Å². The molecule has 4 nitrogen and oxygen atoms in total. The molecule has 5 heteroatoms. The summed E-state index contributed by atoms with van der Waals surface area (Å²) in [4.78, 5) is 7.76. The second-order valence-electron chi connectivity index (χ2n) is 5.19. The van der Waals surface area contributed by atoms with Gasteiger partial charge in [-0.3, -0.25) is 5.43 Å². The van der Waals surface area contributed by atoms with Crippen molar-refractivity contribution in [1.82, 2.24) is 9.97 Å². The number of nitrogens with zero attached hydrogens (tertiary/aromatic N) is 2. The summed E-state index contributed by atoms with van der Waals surface area (Å²) in [6.07, 6.45) is 3.73. The Morgan fingerprint density at radius 2 is 2.00 bits per heavy atom. The number of hydrogen-bond donors (Lipinski definition) is 2. The second kappa shape index (κ2) is 5.85. The van der Waals surface area contributed by atoms with Gasteiger partial charge in [0.05, 0.1) is 11.7 Å². The van der Waals surface area contributed by atoms with E-state index < -0.39 is 0 Å². The van der Waals surface area contributed by atoms with Crippen LogP contribution in [0, 0.1) is 0 Å². The zero-order valence-corrected chi connectivity index (χ0v) is 13.7. The van der Waals surface area contributed by atoms with Crippen LogP contribution in [0.25, 0.3) is 21.8 Å². The zero-order chi connectivity index (χ0) is 15.6. The molecule has 4 aromatic rings. The summed E-state index contributed by atoms with van der Waals surface area (Å²) in [7, 11) is 0. The van der Waals surface area contributed by atoms with E-state index in [0.29, 0.717) is 0 Å². The molecule has 4 rings (SSSR count). The van der Waals surface area contributed by atoms with Gasteiger partial charge in [-0.25, -0.2) is 4.98 Å². The van der Waals surface area contributed by atoms with Gasteiger partial charge in [-0.2, -0.15) is 5.10 Å². The van der Waals surface area contributed by atoms with E-state index >= 15 is 0 Å². The molecule has 112 valence electrons. The highest BCUT2D eigenvalue weighted by molar-refractivity contribution is 9.10. The quantitative estimate of drug-likeness (QED) is 0.400. The number of nitrogens with one attached hydrogen (secondary N) is 2. The number of H-pyrrole nitrogens is 1. The second-order valence-corrected chi connectivity index (χ2v) is 6.11. The Morgan fingerprint density at radius 3 is 2.96 bits per heavy atom. The molecule has 0 bridgehead atoms. The average molecular weight is 365 g/mol. The summed E-state index contributed by atoms with van der Waals surface area (Å²) in [6, 6.07) is 18.1. The Morgan fingerprint density at radius 1 is 1.09 bits per heavy atom. The molecule has 0 atom stereocenters. The van der Waals surface area contributed by atoms with Crippen LogP contribution < -0.4 is 5.43 Å². The average Bonchev–Trinajstić information content (AvgIpc) is 2.97. The van der Waals surface area contributed by atoms with E-state index in [1.54, 1.807) is 6.21 Å². The molecule has 0 fully saturated rings. The predicted octanol–water partition coefficient (Wildman–Crippen LogP) is 4.92. The van der Waals surface area contributed by atoms with Crippen molar-refractivity contribution in [3.63, 3.8) is 0 Å². The monoisotopic (exact) mass is 364 g/mol. The summed E-state index contributed by atoms with van der Waals surface area (Å²) >= 11 is 3.50. The molecular formula is C18H13BrN4. The summed E-state index contributed by atoms with van der Waals surface area (Å²) in [5.41, 5.74) is 6.04. The number of aromatic amines is 1. The minimum absolute atomic E-state index is 0.723. The van der Waals surface area contributed by atoms with Crippen LogP contribution >= 0.6 is 15.9 Å². The lowest BCUT2D eigenvalue weighted by Crippen LogP contribution is -1.93. The smallest absolute Gasteiger partial charge is 0.146 e. The van der Waals surface area contributed by atoms with Crippen molar-refractivity contribution >= 4 is 49.8 Å². The van der Waals surface area contributed by atoms with Gasteiger partial charge < -0.3 is 4.98 Å². The van der Waals surface area contributed by atoms with Crippen LogP contribution in [0.15, 0.2) is 70.4 Å². The van der Waals surface area contributed by atoms with Crippen molar-refractivity contribution in [2.24, 2.45) is 5.10 Å². The molecule has 0 amide bonds. The Labute approximate surface area is 141 Å². The van der Waals surface area contributed by atoms with Gasteiger partial charge in [0.25, 0.3) is 0 Å². The van der Waals surface area contributed by atoms with Crippen LogP contribution in [0.4, 0.5) is 5.82 Å². The van der Waals surface area contributed by atoms with Gasteiger partial charge >= 0.3 is 0 Å². The Balaban J connectivity index is 1.59. The maximum absolute atomic E-state index is 4.53. The first kappa shape index (κ1) is 14.0. The SMILES string of the molecule is Brc1ccc2[nH]cc(/C=N/Nc3ccc4ccccc4n3)c2c1. The van der Waals surface area contributed by atoms with Crippen LogP contribution in [-0.4, -0.2) is 16.2 Å². The fourth-order valence-electron chi connectivity index (χ4n) is 2.52. The van der Waals surface area contributed by atoms with E-state index in [-0.39, 0.29) is 0 Å². The Kier molecular flexibility index (Phi) is 3.55. The molecule has 0 aliphatic carbocycles. The van der Waals surface area contributed by atoms with E-state index in [0.717, 1.165) is 37.7 Å². The van der Waals surface area contributed by atoms with Crippen LogP contribution in [0.1, 0.15) is 5.56 Å². The highest BCUT2D eigenvalue weighted by Gasteiger charge is 2.02. The van der Waals surface area contributed by atoms with Crippen molar-refractivity contribution in [2.45, 2.75) is 0 Å². The molecule has 2 aromatic carbocycles. The molecule has 2 aromatic heterocycles. The highest BCUT2D eigenvalue weighted by atomic mass is 79.9. The molecule has 2 heterocycles. The van der Waals surface area contributed by atoms with Gasteiger partial charge in [0.15, 0.2) is 0 Å². The van der Waals surface area contributed by atoms with Crippen molar-refractivity contribution in [3.8, 4) is 0 Å². The zero-order valence-electron chi connectivity index (χ0n) is 12.1. The summed E-state index contributed by atoms with van der Waals surface area (Å²) < 4.78 is 1.04. The van der Waals surface area contributed by atoms with Gasteiger partial charge in [-0.1, -0.05) is 34.1 Å². The lowest BCUT2D eigenvalue weighted by Gasteiger charge is -2.01. The number of benzene rings is 2. The van der Waals surface area contributed by atoms with Crippen molar-refractivity contribution < 1.29 is 0 Å². The number of rotatable bonds is 3. The largest absolute Gasteiger partial charge is 0.361 e. The molecule has 0 aliphatic heterocycles. The summed E-state index contributed by atoms with van der Waals surface area (Å²) in [6.45, 7) is 0. The normalized spacial score (nSPS) is 11.5. The molecule has 0 spiro atoms. The van der Waals surface area contributed by atoms with E-state index in [1.165, 1.54) is 0 Å². The number of aromatic nitrogens is 2. The number of hydrogen-bond acceptors (Lipinski definition) is 3. The number of hydrazone groups is 1. The molecule has 2 N–H and O–H groups in total. The molecule has 23 heavy (non-hydrogen) atoms. The third kappa shape index (κ3) is 2.83. The highest BCUT2D eigenvalue weighted by Crippen LogP contribution is 2.21. The van der Waals surface area contributed by atoms with Gasteiger partial charge in [0.1, 0.15) is 5.82 Å². The molecule has 0 aliphatic rings. The van der Waals surface area contributed by atoms with Crippen LogP contribution in [0.2, 0.25) is 0 Å². The van der Waals surface area contributed by atoms with Crippen LogP contribution in [0.5, 0.6) is 0 Å². The Hall–Kier alpha value is -2.66. The lowest BCUT2D eigenvalue weighted by atomic mass is 10.2. The first-order valence-corrected chi connectivity index (χ1v) is 8.00. The summed E-state index contributed by atoms with van der Waals surface area (Å²) in [5, 5.41) is 6.53. The lowest BCUT2D eigenvalue weighted by molar-refractivity contribution is 1.26. The summed E-state index contributed by atoms with van der Waals surface area (Å²) in [5.74, 6) is 0.723. The Bertz CT molecular complexity index is 1020. The van der Waals surface area contributed by atoms with Crippen LogP contribution in [-0.2, 0) is 0 Å². The van der Waals surface area contributed by atoms with E-state index in [4.69, 9.17) is 0 Å². The minimum atomic E-state index is 0.723. The van der Waals surface area contributed by atoms with Gasteiger partial charge in [-0.05, 0) is 36.4 Å². The molecular weight excluding hydrogens is 352 g/mol. The number of para-hydroxylation sites is 1. The van der Waals surface area contributed by atoms with Gasteiger partial charge in [0, 0.05) is 32.5 Å². The third-order valence-corrected chi connectivity index (χ3v) is 4.15. The molecule has 0 radical (unpaired) electrons. The first-order valence-electron chi connectivity index (χ1n) is 7.21. The van der Waals surface area contributed by atoms with Crippen molar-refractivity contribution in [3.05, 3.63) is 70.8 Å². The fraction of sp³-hybridized carbons (Fsp3) is 0. The fourth-order valence-corrected chi connectivity index (χ4v) is 2.88. The van der Waals surface area contributed by atoms with E-state index in [1.807, 2.05) is 54.7 Å². The van der Waals surface area contributed by atoms with Gasteiger partial charge in [0.2, 0.25) is 0 Å². The predicted molar refractivity (Wildman–Crippen MR) is 99.0 cm³/mol. The number of pyridine rings is 1. The maximum atomic E-state index is 4.53. The number of anilines is 1. The minimum Gasteiger partial charge on any atom is -0.361 e. The van der Waals surface area contributed by atoms with Crippen molar-refractivity contribution in [2.75, 3.05) is 5.43 Å². The molecule has 0 saturated carbocycles. The van der Waals surface area contributed by atoms with Crippen molar-refractivity contribution in [1.29, 1.82) is 0 Å². The van der Waals surface area contributed by atoms with Crippen LogP contribution in [0.3, 0.4) is 0 Å². The van der Waals surface area contributed by atoms with E-state index in [9.17, 15) is 0 Å². The first-order chi connectivity index (χ1) is 11.3.